The van der Waals surface area contributed by atoms with Gasteiger partial charge < -0.3 is 0 Å². The number of hydrogen-bond acceptors (Lipinski definition) is 2. The molecule has 0 saturated heterocycles. The largest absolute Gasteiger partial charge is 0.367 e. The summed E-state index contributed by atoms with van der Waals surface area (Å²) in [7, 11) is 0. The Kier molecular flexibility index (Phi) is 1.12. The van der Waals surface area contributed by atoms with E-state index in [9.17, 15) is 5.11 Å². The SMILES string of the molecule is Cc1ccnc([O])n1. The van der Waals surface area contributed by atoms with E-state index in [0.717, 1.165) is 0 Å². The zero-order chi connectivity index (χ0) is 5.98. The molecule has 1 heterocycles. The van der Waals surface area contributed by atoms with Gasteiger partial charge in [-0.25, -0.2) is 10.1 Å². The maximum Gasteiger partial charge on any atom is 0.367 e. The van der Waals surface area contributed by atoms with Gasteiger partial charge in [0, 0.05) is 11.9 Å². The summed E-state index contributed by atoms with van der Waals surface area (Å²) in [4.78, 5) is 6.88. The zero-order valence-electron chi connectivity index (χ0n) is 4.46. The topological polar surface area (TPSA) is 45.7 Å². The fourth-order valence-corrected chi connectivity index (χ4v) is 0.426. The summed E-state index contributed by atoms with van der Waals surface area (Å²) >= 11 is 0. The number of nitrogens with zero attached hydrogens (tertiary/aromatic N) is 2. The molecule has 3 nitrogen and oxygen atoms in total. The predicted molar refractivity (Wildman–Crippen MR) is 26.9 cm³/mol. The predicted octanol–water partition coefficient (Wildman–Crippen LogP) is 0.929. The summed E-state index contributed by atoms with van der Waals surface area (Å²) in [5, 5.41) is 10.3. The van der Waals surface area contributed by atoms with Gasteiger partial charge in [0.05, 0.1) is 0 Å². The zero-order valence-corrected chi connectivity index (χ0v) is 4.46. The molecule has 0 aromatic carbocycles. The monoisotopic (exact) mass is 109 g/mol. The van der Waals surface area contributed by atoms with Gasteiger partial charge >= 0.3 is 6.01 Å². The van der Waals surface area contributed by atoms with E-state index < -0.39 is 6.01 Å². The third kappa shape index (κ3) is 0.932. The smallest absolute Gasteiger partial charge is 0.244 e. The molecule has 0 unspecified atom stereocenters. The van der Waals surface area contributed by atoms with Gasteiger partial charge in [-0.3, -0.25) is 0 Å². The summed E-state index contributed by atoms with van der Waals surface area (Å²) in [6, 6.07) is 1.27. The van der Waals surface area contributed by atoms with E-state index in [1.165, 1.54) is 6.20 Å². The van der Waals surface area contributed by atoms with Gasteiger partial charge in [0.25, 0.3) is 0 Å². The fraction of sp³-hybridized carbons (Fsp3) is 0.200. The molecule has 8 heavy (non-hydrogen) atoms. The quantitative estimate of drug-likeness (QED) is 0.497. The van der Waals surface area contributed by atoms with Crippen molar-refractivity contribution in [3.63, 3.8) is 0 Å². The highest BCUT2D eigenvalue weighted by Crippen LogP contribution is 1.97. The number of hydrogen-bond donors (Lipinski definition) is 0. The van der Waals surface area contributed by atoms with Crippen LogP contribution in [0.3, 0.4) is 0 Å². The number of aryl methyl sites for hydroxylation is 1. The van der Waals surface area contributed by atoms with Crippen molar-refractivity contribution in [1.29, 1.82) is 0 Å². The average molecular weight is 109 g/mol. The minimum atomic E-state index is -0.412. The van der Waals surface area contributed by atoms with Crippen molar-refractivity contribution in [2.75, 3.05) is 0 Å². The number of rotatable bonds is 0. The van der Waals surface area contributed by atoms with Crippen LogP contribution in [0.15, 0.2) is 12.3 Å². The van der Waals surface area contributed by atoms with Gasteiger partial charge in [-0.15, -0.1) is 0 Å². The van der Waals surface area contributed by atoms with Crippen LogP contribution in [0, 0.1) is 6.92 Å². The van der Waals surface area contributed by atoms with E-state index in [1.54, 1.807) is 13.0 Å². The summed E-state index contributed by atoms with van der Waals surface area (Å²) in [5.74, 6) is 0. The van der Waals surface area contributed by atoms with Crippen LogP contribution >= 0.6 is 0 Å². The van der Waals surface area contributed by atoms with Crippen LogP contribution in [-0.4, -0.2) is 9.97 Å². The highest BCUT2D eigenvalue weighted by atomic mass is 16.3. The van der Waals surface area contributed by atoms with Crippen LogP contribution in [0.4, 0.5) is 0 Å². The van der Waals surface area contributed by atoms with Crippen LogP contribution in [0.1, 0.15) is 5.69 Å². The lowest BCUT2D eigenvalue weighted by Gasteiger charge is -1.85. The minimum absolute atomic E-state index is 0.412. The second kappa shape index (κ2) is 1.78. The van der Waals surface area contributed by atoms with Gasteiger partial charge in [-0.05, 0) is 13.0 Å². The Morgan fingerprint density at radius 2 is 2.38 bits per heavy atom. The molecule has 0 aliphatic carbocycles. The van der Waals surface area contributed by atoms with Gasteiger partial charge in [0.15, 0.2) is 0 Å². The second-order valence-electron chi connectivity index (χ2n) is 1.48. The van der Waals surface area contributed by atoms with Gasteiger partial charge in [-0.2, -0.15) is 4.98 Å². The lowest BCUT2D eigenvalue weighted by molar-refractivity contribution is 0.318. The number of aromatic nitrogens is 2. The molecular weight excluding hydrogens is 104 g/mol. The molecule has 0 aliphatic rings. The van der Waals surface area contributed by atoms with Crippen molar-refractivity contribution < 1.29 is 5.11 Å². The Balaban J connectivity index is 3.08. The molecule has 1 rings (SSSR count). The molecule has 0 fully saturated rings. The van der Waals surface area contributed by atoms with Crippen molar-refractivity contribution in [2.24, 2.45) is 0 Å². The first-order chi connectivity index (χ1) is 3.79. The molecular formula is C5H5N2O. The maximum atomic E-state index is 10.3. The first kappa shape index (κ1) is 5.03. The van der Waals surface area contributed by atoms with Gasteiger partial charge in [0.2, 0.25) is 0 Å². The van der Waals surface area contributed by atoms with E-state index in [2.05, 4.69) is 9.97 Å². The molecule has 1 aromatic heterocycles. The van der Waals surface area contributed by atoms with Gasteiger partial charge in [-0.1, -0.05) is 0 Å². The first-order valence-corrected chi connectivity index (χ1v) is 2.26. The minimum Gasteiger partial charge on any atom is -0.244 e. The molecule has 0 amide bonds. The highest BCUT2D eigenvalue weighted by molar-refractivity contribution is 5.00. The molecule has 41 valence electrons. The van der Waals surface area contributed by atoms with Gasteiger partial charge in [0.1, 0.15) is 0 Å². The van der Waals surface area contributed by atoms with Crippen molar-refractivity contribution in [3.05, 3.63) is 18.0 Å². The van der Waals surface area contributed by atoms with Crippen LogP contribution in [0.5, 0.6) is 6.01 Å². The maximum absolute atomic E-state index is 10.3. The molecule has 0 atom stereocenters. The second-order valence-corrected chi connectivity index (χ2v) is 1.48. The summed E-state index contributed by atoms with van der Waals surface area (Å²) in [6.45, 7) is 1.75. The molecule has 0 spiro atoms. The third-order valence-corrected chi connectivity index (χ3v) is 0.773. The Labute approximate surface area is 47.0 Å². The molecule has 0 N–H and O–H groups in total. The van der Waals surface area contributed by atoms with Crippen molar-refractivity contribution >= 4 is 0 Å². The third-order valence-electron chi connectivity index (χ3n) is 0.773. The lowest BCUT2D eigenvalue weighted by Crippen LogP contribution is -1.80. The standard InChI is InChI=1S/C5H5N2O/c1-4-2-3-6-5(8)7-4/h2-3H,1H3. The first-order valence-electron chi connectivity index (χ1n) is 2.26. The Hall–Kier alpha value is -1.12. The molecule has 3 heteroatoms. The molecule has 0 aliphatic heterocycles. The summed E-state index contributed by atoms with van der Waals surface area (Å²) in [5.41, 5.74) is 0.713. The van der Waals surface area contributed by atoms with E-state index >= 15 is 0 Å². The summed E-state index contributed by atoms with van der Waals surface area (Å²) in [6.07, 6.45) is 1.45. The highest BCUT2D eigenvalue weighted by Gasteiger charge is 1.89. The molecule has 1 aromatic rings. The van der Waals surface area contributed by atoms with Crippen molar-refractivity contribution in [1.82, 2.24) is 9.97 Å². The van der Waals surface area contributed by atoms with Crippen LogP contribution in [0.2, 0.25) is 0 Å². The molecule has 1 radical (unpaired) electrons. The molecule has 0 saturated carbocycles. The van der Waals surface area contributed by atoms with E-state index in [0.29, 0.717) is 5.69 Å². The van der Waals surface area contributed by atoms with E-state index in [-0.39, 0.29) is 0 Å². The Bertz CT molecular complexity index is 170. The lowest BCUT2D eigenvalue weighted by atomic mass is 10.5. The van der Waals surface area contributed by atoms with Crippen LogP contribution in [-0.2, 0) is 5.11 Å². The normalized spacial score (nSPS) is 9.12. The van der Waals surface area contributed by atoms with Crippen molar-refractivity contribution in [3.8, 4) is 6.01 Å². The Morgan fingerprint density at radius 3 is 2.75 bits per heavy atom. The fourth-order valence-electron chi connectivity index (χ4n) is 0.426. The van der Waals surface area contributed by atoms with Crippen molar-refractivity contribution in [2.45, 2.75) is 6.92 Å². The Morgan fingerprint density at radius 1 is 1.62 bits per heavy atom. The van der Waals surface area contributed by atoms with E-state index in [1.807, 2.05) is 0 Å². The molecule has 0 bridgehead atoms. The van der Waals surface area contributed by atoms with Crippen LogP contribution < -0.4 is 0 Å². The van der Waals surface area contributed by atoms with Crippen LogP contribution in [0.25, 0.3) is 0 Å². The summed E-state index contributed by atoms with van der Waals surface area (Å²) < 4.78 is 0. The van der Waals surface area contributed by atoms with E-state index in [4.69, 9.17) is 0 Å². The average Bonchev–Trinajstić information content (AvgIpc) is 1.64.